The number of hydrogen-bond acceptors (Lipinski definition) is 1. The third kappa shape index (κ3) is 1.03. The highest BCUT2D eigenvalue weighted by Gasteiger charge is 2.35. The van der Waals surface area contributed by atoms with Gasteiger partial charge in [-0.15, -0.1) is 0 Å². The van der Waals surface area contributed by atoms with Crippen LogP contribution in [0.3, 0.4) is 0 Å². The molecule has 0 aliphatic heterocycles. The number of carbonyl (C=O) groups excluding carboxylic acids is 1. The monoisotopic (exact) mass is 164 g/mol. The highest BCUT2D eigenvalue weighted by atomic mass is 16.1. The lowest BCUT2D eigenvalue weighted by molar-refractivity contribution is -0.117. The van der Waals surface area contributed by atoms with Crippen LogP contribution in [0.1, 0.15) is 39.5 Å². The van der Waals surface area contributed by atoms with Gasteiger partial charge in [0.2, 0.25) is 0 Å². The predicted molar refractivity (Wildman–Crippen MR) is 48.8 cm³/mol. The highest BCUT2D eigenvalue weighted by Crippen LogP contribution is 2.42. The summed E-state index contributed by atoms with van der Waals surface area (Å²) < 4.78 is 0. The summed E-state index contributed by atoms with van der Waals surface area (Å²) in [5.74, 6) is 1.80. The van der Waals surface area contributed by atoms with Crippen LogP contribution in [0.2, 0.25) is 0 Å². The SMILES string of the molecule is CC1=C2C(=O)CCC(C)C2CC1. The Morgan fingerprint density at radius 2 is 2.00 bits per heavy atom. The van der Waals surface area contributed by atoms with Gasteiger partial charge < -0.3 is 0 Å². The van der Waals surface area contributed by atoms with E-state index in [4.69, 9.17) is 0 Å². The molecule has 0 bridgehead atoms. The van der Waals surface area contributed by atoms with Gasteiger partial charge in [-0.1, -0.05) is 12.5 Å². The van der Waals surface area contributed by atoms with Crippen molar-refractivity contribution < 1.29 is 4.79 Å². The van der Waals surface area contributed by atoms with Crippen LogP contribution in [-0.4, -0.2) is 5.78 Å². The van der Waals surface area contributed by atoms with Crippen LogP contribution in [0, 0.1) is 11.8 Å². The van der Waals surface area contributed by atoms with E-state index in [0.29, 0.717) is 11.7 Å². The van der Waals surface area contributed by atoms with Crippen LogP contribution in [0.5, 0.6) is 0 Å². The smallest absolute Gasteiger partial charge is 0.159 e. The van der Waals surface area contributed by atoms with Gasteiger partial charge in [0.25, 0.3) is 0 Å². The molecule has 2 rings (SSSR count). The molecule has 0 aromatic rings. The van der Waals surface area contributed by atoms with Gasteiger partial charge in [0.05, 0.1) is 0 Å². The molecule has 12 heavy (non-hydrogen) atoms. The van der Waals surface area contributed by atoms with Gasteiger partial charge >= 0.3 is 0 Å². The first-order chi connectivity index (χ1) is 5.70. The lowest BCUT2D eigenvalue weighted by atomic mass is 9.77. The normalized spacial score (nSPS) is 35.7. The fraction of sp³-hybridized carbons (Fsp3) is 0.727. The molecule has 2 unspecified atom stereocenters. The molecule has 0 spiro atoms. The summed E-state index contributed by atoms with van der Waals surface area (Å²) >= 11 is 0. The molecule has 0 amide bonds. The molecule has 0 saturated heterocycles. The molecule has 1 nitrogen and oxygen atoms in total. The molecular formula is C11H16O. The van der Waals surface area contributed by atoms with Crippen molar-refractivity contribution in [2.75, 3.05) is 0 Å². The van der Waals surface area contributed by atoms with Crippen molar-refractivity contribution in [3.8, 4) is 0 Å². The van der Waals surface area contributed by atoms with Gasteiger partial charge in [-0.3, -0.25) is 4.79 Å². The maximum atomic E-state index is 11.6. The van der Waals surface area contributed by atoms with Crippen molar-refractivity contribution in [2.45, 2.75) is 39.5 Å². The van der Waals surface area contributed by atoms with Crippen molar-refractivity contribution in [1.82, 2.24) is 0 Å². The maximum Gasteiger partial charge on any atom is 0.159 e. The first-order valence-electron chi connectivity index (χ1n) is 4.93. The van der Waals surface area contributed by atoms with Gasteiger partial charge in [0.1, 0.15) is 0 Å². The van der Waals surface area contributed by atoms with E-state index in [-0.39, 0.29) is 0 Å². The summed E-state index contributed by atoms with van der Waals surface area (Å²) in [7, 11) is 0. The standard InChI is InChI=1S/C11H16O/c1-7-4-6-10(12)11-8(2)3-5-9(7)11/h7,9H,3-6H2,1-2H3. The Kier molecular flexibility index (Phi) is 1.82. The number of allylic oxidation sites excluding steroid dienone is 2. The van der Waals surface area contributed by atoms with E-state index in [9.17, 15) is 4.79 Å². The second-order valence-corrected chi connectivity index (χ2v) is 4.28. The van der Waals surface area contributed by atoms with E-state index in [0.717, 1.165) is 25.2 Å². The van der Waals surface area contributed by atoms with Crippen molar-refractivity contribution in [2.24, 2.45) is 11.8 Å². The molecule has 1 fully saturated rings. The molecule has 0 radical (unpaired) electrons. The van der Waals surface area contributed by atoms with Gasteiger partial charge in [-0.25, -0.2) is 0 Å². The number of ketones is 1. The molecule has 0 N–H and O–H groups in total. The molecule has 1 heteroatoms. The minimum absolute atomic E-state index is 0.438. The van der Waals surface area contributed by atoms with Gasteiger partial charge in [-0.05, 0) is 43.6 Å². The largest absolute Gasteiger partial charge is 0.295 e. The van der Waals surface area contributed by atoms with Crippen LogP contribution < -0.4 is 0 Å². The first kappa shape index (κ1) is 8.03. The number of hydrogen-bond donors (Lipinski definition) is 0. The third-order valence-electron chi connectivity index (χ3n) is 3.47. The van der Waals surface area contributed by atoms with Crippen molar-refractivity contribution in [3.05, 3.63) is 11.1 Å². The van der Waals surface area contributed by atoms with Gasteiger partial charge in [-0.2, -0.15) is 0 Å². The van der Waals surface area contributed by atoms with E-state index in [1.165, 1.54) is 17.6 Å². The third-order valence-corrected chi connectivity index (χ3v) is 3.47. The molecule has 2 aliphatic carbocycles. The second-order valence-electron chi connectivity index (χ2n) is 4.28. The van der Waals surface area contributed by atoms with Gasteiger partial charge in [0.15, 0.2) is 5.78 Å². The molecule has 1 saturated carbocycles. The molecule has 2 atom stereocenters. The van der Waals surface area contributed by atoms with Crippen molar-refractivity contribution in [1.29, 1.82) is 0 Å². The summed E-state index contributed by atoms with van der Waals surface area (Å²) in [6, 6.07) is 0. The van der Waals surface area contributed by atoms with E-state index in [1.807, 2.05) is 0 Å². The number of Topliss-reactive ketones (excluding diaryl/α,β-unsaturated/α-hetero) is 1. The fourth-order valence-electron chi connectivity index (χ4n) is 2.68. The lowest BCUT2D eigenvalue weighted by Gasteiger charge is -2.27. The Bertz CT molecular complexity index is 250. The Labute approximate surface area is 73.8 Å². The van der Waals surface area contributed by atoms with Crippen molar-refractivity contribution in [3.63, 3.8) is 0 Å². The Morgan fingerprint density at radius 1 is 1.25 bits per heavy atom. The van der Waals surface area contributed by atoms with E-state index in [2.05, 4.69) is 13.8 Å². The van der Waals surface area contributed by atoms with Crippen LogP contribution >= 0.6 is 0 Å². The first-order valence-corrected chi connectivity index (χ1v) is 4.93. The summed E-state index contributed by atoms with van der Waals surface area (Å²) in [5, 5.41) is 0. The summed E-state index contributed by atoms with van der Waals surface area (Å²) in [5.41, 5.74) is 2.57. The molecule has 0 heterocycles. The van der Waals surface area contributed by atoms with Gasteiger partial charge in [0, 0.05) is 6.42 Å². The minimum Gasteiger partial charge on any atom is -0.295 e. The molecule has 0 aromatic carbocycles. The Hall–Kier alpha value is -0.590. The molecule has 0 aromatic heterocycles. The summed E-state index contributed by atoms with van der Waals surface area (Å²) in [6.07, 6.45) is 4.30. The topological polar surface area (TPSA) is 17.1 Å². The van der Waals surface area contributed by atoms with Crippen LogP contribution in [0.25, 0.3) is 0 Å². The summed E-state index contributed by atoms with van der Waals surface area (Å²) in [4.78, 5) is 11.6. The zero-order valence-electron chi connectivity index (χ0n) is 7.89. The predicted octanol–water partition coefficient (Wildman–Crippen LogP) is 2.71. The average Bonchev–Trinajstić information content (AvgIpc) is 2.42. The second kappa shape index (κ2) is 2.72. The highest BCUT2D eigenvalue weighted by molar-refractivity contribution is 5.97. The average molecular weight is 164 g/mol. The maximum absolute atomic E-state index is 11.6. The minimum atomic E-state index is 0.438. The number of carbonyl (C=O) groups is 1. The summed E-state index contributed by atoms with van der Waals surface area (Å²) in [6.45, 7) is 4.42. The zero-order chi connectivity index (χ0) is 8.72. The molecule has 2 aliphatic rings. The zero-order valence-corrected chi connectivity index (χ0v) is 7.89. The van der Waals surface area contributed by atoms with Crippen LogP contribution in [-0.2, 0) is 4.79 Å². The quantitative estimate of drug-likeness (QED) is 0.538. The van der Waals surface area contributed by atoms with E-state index in [1.54, 1.807) is 0 Å². The molecular weight excluding hydrogens is 148 g/mol. The Morgan fingerprint density at radius 3 is 2.67 bits per heavy atom. The lowest BCUT2D eigenvalue weighted by Crippen LogP contribution is -2.23. The number of rotatable bonds is 0. The van der Waals surface area contributed by atoms with Crippen LogP contribution in [0.4, 0.5) is 0 Å². The number of fused-ring (bicyclic) bond motifs is 1. The Balaban J connectivity index is 2.33. The van der Waals surface area contributed by atoms with Crippen LogP contribution in [0.15, 0.2) is 11.1 Å². The molecule has 66 valence electrons. The fourth-order valence-corrected chi connectivity index (χ4v) is 2.68. The van der Waals surface area contributed by atoms with E-state index >= 15 is 0 Å². The van der Waals surface area contributed by atoms with E-state index < -0.39 is 0 Å². The van der Waals surface area contributed by atoms with Crippen molar-refractivity contribution >= 4 is 5.78 Å².